The van der Waals surface area contributed by atoms with Crippen molar-refractivity contribution in [2.45, 2.75) is 13.0 Å². The Labute approximate surface area is 170 Å². The number of nitrogens with zero attached hydrogens (tertiary/aromatic N) is 1. The van der Waals surface area contributed by atoms with Crippen molar-refractivity contribution in [2.75, 3.05) is 5.32 Å². The Morgan fingerprint density at radius 1 is 1.14 bits per heavy atom. The molecule has 1 N–H and O–H groups in total. The summed E-state index contributed by atoms with van der Waals surface area (Å²) in [7, 11) is 0. The van der Waals surface area contributed by atoms with Gasteiger partial charge in [0.15, 0.2) is 6.10 Å². The monoisotopic (exact) mass is 414 g/mol. The molecule has 0 aliphatic carbocycles. The molecule has 0 radical (unpaired) electrons. The predicted molar refractivity (Wildman–Crippen MR) is 106 cm³/mol. The van der Waals surface area contributed by atoms with E-state index in [0.29, 0.717) is 22.0 Å². The maximum Gasteiger partial charge on any atom is 0.375 e. The van der Waals surface area contributed by atoms with E-state index in [-0.39, 0.29) is 11.4 Å². The van der Waals surface area contributed by atoms with Crippen molar-refractivity contribution in [3.63, 3.8) is 0 Å². The van der Waals surface area contributed by atoms with Crippen LogP contribution in [-0.2, 0) is 9.53 Å². The van der Waals surface area contributed by atoms with Gasteiger partial charge in [-0.15, -0.1) is 0 Å². The number of esters is 1. The fraction of sp³-hybridized carbons (Fsp3) is 0.100. The molecule has 0 fully saturated rings. The summed E-state index contributed by atoms with van der Waals surface area (Å²) >= 11 is 5.87. The zero-order valence-corrected chi connectivity index (χ0v) is 15.9. The third-order valence-corrected chi connectivity index (χ3v) is 4.15. The quantitative estimate of drug-likeness (QED) is 0.355. The molecule has 1 heterocycles. The average molecular weight is 415 g/mol. The normalized spacial score (nSPS) is 11.5. The topological polar surface area (TPSA) is 112 Å². The Morgan fingerprint density at radius 2 is 1.86 bits per heavy atom. The van der Waals surface area contributed by atoms with E-state index in [9.17, 15) is 19.7 Å². The summed E-state index contributed by atoms with van der Waals surface area (Å²) in [6.07, 6.45) is -1.07. The van der Waals surface area contributed by atoms with Crippen LogP contribution in [0.15, 0.2) is 65.1 Å². The van der Waals surface area contributed by atoms with Crippen LogP contribution >= 0.6 is 11.6 Å². The fourth-order valence-corrected chi connectivity index (χ4v) is 2.62. The van der Waals surface area contributed by atoms with Gasteiger partial charge in [-0.2, -0.15) is 0 Å². The summed E-state index contributed by atoms with van der Waals surface area (Å²) in [5.41, 5.74) is 0.977. The second kappa shape index (κ2) is 8.57. The number of hydrogen-bond donors (Lipinski definition) is 1. The third kappa shape index (κ3) is 4.99. The van der Waals surface area contributed by atoms with E-state index >= 15 is 0 Å². The number of halogens is 1. The molecule has 0 aliphatic heterocycles. The fourth-order valence-electron chi connectivity index (χ4n) is 2.43. The van der Waals surface area contributed by atoms with E-state index in [2.05, 4.69) is 5.32 Å². The van der Waals surface area contributed by atoms with Crippen molar-refractivity contribution in [1.29, 1.82) is 0 Å². The van der Waals surface area contributed by atoms with Gasteiger partial charge in [-0.05, 0) is 49.4 Å². The molecule has 1 amide bonds. The number of carbonyl (C=O) groups excluding carboxylic acids is 2. The lowest BCUT2D eigenvalue weighted by atomic mass is 10.1. The van der Waals surface area contributed by atoms with Gasteiger partial charge in [0.05, 0.1) is 4.92 Å². The first-order chi connectivity index (χ1) is 13.8. The maximum atomic E-state index is 12.2. The Bertz CT molecular complexity index is 1060. The zero-order valence-electron chi connectivity index (χ0n) is 15.1. The predicted octanol–water partition coefficient (Wildman–Crippen LogP) is 4.69. The molecule has 3 aromatic rings. The molecular formula is C20H15ClN2O6. The van der Waals surface area contributed by atoms with E-state index in [1.165, 1.54) is 43.3 Å². The Kier molecular flexibility index (Phi) is 5.94. The van der Waals surface area contributed by atoms with E-state index < -0.39 is 22.9 Å². The highest BCUT2D eigenvalue weighted by Crippen LogP contribution is 2.25. The molecule has 1 aromatic heterocycles. The summed E-state index contributed by atoms with van der Waals surface area (Å²) in [5, 5.41) is 13.8. The second-order valence-corrected chi connectivity index (χ2v) is 6.45. The second-order valence-electron chi connectivity index (χ2n) is 6.02. The van der Waals surface area contributed by atoms with Crippen molar-refractivity contribution in [2.24, 2.45) is 0 Å². The van der Waals surface area contributed by atoms with Gasteiger partial charge in [0, 0.05) is 28.4 Å². The number of hydrogen-bond acceptors (Lipinski definition) is 6. The molecule has 148 valence electrons. The van der Waals surface area contributed by atoms with Crippen LogP contribution in [-0.4, -0.2) is 22.9 Å². The van der Waals surface area contributed by atoms with E-state index in [0.717, 1.165) is 0 Å². The smallest absolute Gasteiger partial charge is 0.375 e. The third-order valence-electron chi connectivity index (χ3n) is 3.92. The number of furan rings is 1. The van der Waals surface area contributed by atoms with Crippen molar-refractivity contribution in [1.82, 2.24) is 0 Å². The van der Waals surface area contributed by atoms with Gasteiger partial charge in [0.1, 0.15) is 5.76 Å². The molecule has 1 atom stereocenters. The average Bonchev–Trinajstić information content (AvgIpc) is 3.18. The molecule has 0 spiro atoms. The van der Waals surface area contributed by atoms with Crippen LogP contribution in [0.4, 0.5) is 11.4 Å². The lowest BCUT2D eigenvalue weighted by molar-refractivity contribution is -0.384. The minimum atomic E-state index is -1.07. The number of nitro benzene ring substituents is 1. The van der Waals surface area contributed by atoms with Crippen molar-refractivity contribution in [3.05, 3.63) is 81.6 Å². The lowest BCUT2D eigenvalue weighted by Crippen LogP contribution is -2.29. The Morgan fingerprint density at radius 3 is 2.52 bits per heavy atom. The first-order valence-electron chi connectivity index (χ1n) is 8.45. The number of nitrogens with one attached hydrogen (secondary N) is 1. The Balaban J connectivity index is 1.63. The molecule has 0 saturated heterocycles. The van der Waals surface area contributed by atoms with Crippen LogP contribution in [0.1, 0.15) is 17.5 Å². The molecule has 9 heteroatoms. The summed E-state index contributed by atoms with van der Waals surface area (Å²) < 4.78 is 10.6. The van der Waals surface area contributed by atoms with Gasteiger partial charge in [-0.3, -0.25) is 14.9 Å². The van der Waals surface area contributed by atoms with Crippen LogP contribution in [0.2, 0.25) is 5.02 Å². The van der Waals surface area contributed by atoms with Crippen molar-refractivity contribution in [3.8, 4) is 11.3 Å². The number of benzene rings is 2. The molecule has 2 aromatic carbocycles. The number of anilines is 1. The summed E-state index contributed by atoms with van der Waals surface area (Å²) in [4.78, 5) is 34.6. The first kappa shape index (κ1) is 20.1. The van der Waals surface area contributed by atoms with Gasteiger partial charge in [0.2, 0.25) is 5.76 Å². The number of carbonyl (C=O) groups is 2. The zero-order chi connectivity index (χ0) is 21.0. The first-order valence-corrected chi connectivity index (χ1v) is 8.83. The summed E-state index contributed by atoms with van der Waals surface area (Å²) in [5.74, 6) is -1.10. The van der Waals surface area contributed by atoms with Crippen LogP contribution in [0.5, 0.6) is 0 Å². The molecule has 0 bridgehead atoms. The van der Waals surface area contributed by atoms with Crippen LogP contribution in [0, 0.1) is 10.1 Å². The highest BCUT2D eigenvalue weighted by molar-refractivity contribution is 6.30. The standard InChI is InChI=1S/C20H15ClN2O6/c1-12(19(24)22-15-4-2-3-14(21)11-15)28-20(25)18-10-9-17(29-18)13-5-7-16(8-6-13)23(26)27/h2-12H,1H3,(H,22,24)/t12-/m1/s1. The molecule has 29 heavy (non-hydrogen) atoms. The molecule has 3 rings (SSSR count). The van der Waals surface area contributed by atoms with Crippen LogP contribution in [0.3, 0.4) is 0 Å². The van der Waals surface area contributed by atoms with Gasteiger partial charge in [-0.25, -0.2) is 4.79 Å². The summed E-state index contributed by atoms with van der Waals surface area (Å²) in [6, 6.07) is 15.2. The van der Waals surface area contributed by atoms with Gasteiger partial charge < -0.3 is 14.5 Å². The minimum absolute atomic E-state index is 0.0560. The maximum absolute atomic E-state index is 12.2. The number of nitro groups is 1. The van der Waals surface area contributed by atoms with E-state index in [4.69, 9.17) is 20.8 Å². The highest BCUT2D eigenvalue weighted by Gasteiger charge is 2.22. The number of amides is 1. The van der Waals surface area contributed by atoms with Crippen LogP contribution < -0.4 is 5.32 Å². The molecule has 0 unspecified atom stereocenters. The van der Waals surface area contributed by atoms with E-state index in [1.807, 2.05) is 0 Å². The summed E-state index contributed by atoms with van der Waals surface area (Å²) in [6.45, 7) is 1.43. The van der Waals surface area contributed by atoms with Crippen molar-refractivity contribution < 1.29 is 23.7 Å². The molecule has 0 aliphatic rings. The van der Waals surface area contributed by atoms with Crippen molar-refractivity contribution >= 4 is 34.9 Å². The number of non-ortho nitro benzene ring substituents is 1. The van der Waals surface area contributed by atoms with Crippen LogP contribution in [0.25, 0.3) is 11.3 Å². The highest BCUT2D eigenvalue weighted by atomic mass is 35.5. The van der Waals surface area contributed by atoms with Gasteiger partial charge >= 0.3 is 5.97 Å². The minimum Gasteiger partial charge on any atom is -0.449 e. The molecular weight excluding hydrogens is 400 g/mol. The number of rotatable bonds is 6. The van der Waals surface area contributed by atoms with Gasteiger partial charge in [-0.1, -0.05) is 17.7 Å². The SMILES string of the molecule is C[C@@H](OC(=O)c1ccc(-c2ccc([N+](=O)[O-])cc2)o1)C(=O)Nc1cccc(Cl)c1. The Hall–Kier alpha value is -3.65. The lowest BCUT2D eigenvalue weighted by Gasteiger charge is -2.12. The molecule has 8 nitrogen and oxygen atoms in total. The van der Waals surface area contributed by atoms with E-state index in [1.54, 1.807) is 24.3 Å². The number of ether oxygens (including phenoxy) is 1. The largest absolute Gasteiger partial charge is 0.449 e. The van der Waals surface area contributed by atoms with Gasteiger partial charge in [0.25, 0.3) is 11.6 Å². The molecule has 0 saturated carbocycles.